The first-order chi connectivity index (χ1) is 10.8. The fraction of sp³-hybridized carbons (Fsp3) is 0.529. The lowest BCUT2D eigenvalue weighted by Crippen LogP contribution is -2.42. The van der Waals surface area contributed by atoms with E-state index < -0.39 is 5.60 Å². The van der Waals surface area contributed by atoms with Crippen molar-refractivity contribution in [2.45, 2.75) is 45.1 Å². The Bertz CT molecular complexity index is 720. The Morgan fingerprint density at radius 3 is 2.96 bits per heavy atom. The molecule has 1 aliphatic heterocycles. The highest BCUT2D eigenvalue weighted by Gasteiger charge is 2.29. The van der Waals surface area contributed by atoms with Gasteiger partial charge >= 0.3 is 6.09 Å². The normalized spacial score (nSPS) is 19.1. The van der Waals surface area contributed by atoms with Crippen LogP contribution >= 0.6 is 15.9 Å². The molecule has 1 atom stereocenters. The summed E-state index contributed by atoms with van der Waals surface area (Å²) in [6.07, 6.45) is 1.76. The smallest absolute Gasteiger partial charge is 0.410 e. The average Bonchev–Trinajstić information content (AvgIpc) is 2.88. The first-order valence-corrected chi connectivity index (χ1v) is 8.74. The third kappa shape index (κ3) is 3.86. The van der Waals surface area contributed by atoms with Crippen LogP contribution in [0.5, 0.6) is 0 Å². The van der Waals surface area contributed by atoms with Gasteiger partial charge in [-0.2, -0.15) is 0 Å². The SMILES string of the molecule is CC(C)(C)OC(=O)N1CCCC(c2nc3ccc(Br)cc3[nH]2)C1. The molecular formula is C17H22BrN3O2. The number of nitrogens with zero attached hydrogens (tertiary/aromatic N) is 2. The van der Waals surface area contributed by atoms with Crippen LogP contribution in [0, 0.1) is 0 Å². The van der Waals surface area contributed by atoms with Gasteiger partial charge in [0.1, 0.15) is 11.4 Å². The Kier molecular flexibility index (Phi) is 4.36. The van der Waals surface area contributed by atoms with Crippen LogP contribution in [0.3, 0.4) is 0 Å². The molecule has 1 N–H and O–H groups in total. The number of carbonyl (C=O) groups excluding carboxylic acids is 1. The van der Waals surface area contributed by atoms with Crippen LogP contribution in [0.4, 0.5) is 4.79 Å². The Morgan fingerprint density at radius 2 is 2.22 bits per heavy atom. The zero-order valence-corrected chi connectivity index (χ0v) is 15.3. The summed E-state index contributed by atoms with van der Waals surface area (Å²) in [6.45, 7) is 7.07. The van der Waals surface area contributed by atoms with Crippen molar-refractivity contribution in [3.05, 3.63) is 28.5 Å². The van der Waals surface area contributed by atoms with Gasteiger partial charge in [-0.05, 0) is 51.8 Å². The predicted molar refractivity (Wildman–Crippen MR) is 93.6 cm³/mol. The van der Waals surface area contributed by atoms with Gasteiger partial charge in [0.15, 0.2) is 0 Å². The van der Waals surface area contributed by atoms with E-state index in [4.69, 9.17) is 9.72 Å². The van der Waals surface area contributed by atoms with E-state index in [-0.39, 0.29) is 12.0 Å². The van der Waals surface area contributed by atoms with Crippen molar-refractivity contribution in [3.63, 3.8) is 0 Å². The van der Waals surface area contributed by atoms with Crippen molar-refractivity contribution in [1.29, 1.82) is 0 Å². The molecule has 0 bridgehead atoms. The van der Waals surface area contributed by atoms with Crippen molar-refractivity contribution in [3.8, 4) is 0 Å². The molecule has 3 rings (SSSR count). The van der Waals surface area contributed by atoms with Crippen molar-refractivity contribution in [2.75, 3.05) is 13.1 Å². The number of imidazole rings is 1. The zero-order valence-electron chi connectivity index (χ0n) is 13.7. The number of nitrogens with one attached hydrogen (secondary N) is 1. The summed E-state index contributed by atoms with van der Waals surface area (Å²) in [5.41, 5.74) is 1.51. The van der Waals surface area contributed by atoms with Gasteiger partial charge in [0.2, 0.25) is 0 Å². The number of benzene rings is 1. The lowest BCUT2D eigenvalue weighted by Gasteiger charge is -2.33. The average molecular weight is 380 g/mol. The molecule has 5 nitrogen and oxygen atoms in total. The van der Waals surface area contributed by atoms with Crippen molar-refractivity contribution >= 4 is 33.1 Å². The standard InChI is InChI=1S/C17H22BrN3O2/c1-17(2,3)23-16(22)21-8-4-5-11(10-21)15-19-13-7-6-12(18)9-14(13)20-15/h6-7,9,11H,4-5,8,10H2,1-3H3,(H,19,20). The Balaban J connectivity index is 1.75. The third-order valence-electron chi connectivity index (χ3n) is 3.92. The first-order valence-electron chi connectivity index (χ1n) is 7.95. The van der Waals surface area contributed by atoms with Gasteiger partial charge in [-0.25, -0.2) is 9.78 Å². The largest absolute Gasteiger partial charge is 0.444 e. The molecule has 124 valence electrons. The van der Waals surface area contributed by atoms with Crippen LogP contribution in [0.25, 0.3) is 11.0 Å². The van der Waals surface area contributed by atoms with Gasteiger partial charge < -0.3 is 14.6 Å². The molecule has 1 aliphatic rings. The number of hydrogen-bond acceptors (Lipinski definition) is 3. The molecule has 1 fully saturated rings. The van der Waals surface area contributed by atoms with E-state index in [0.717, 1.165) is 40.7 Å². The maximum absolute atomic E-state index is 12.3. The maximum atomic E-state index is 12.3. The summed E-state index contributed by atoms with van der Waals surface area (Å²) >= 11 is 3.48. The molecule has 1 amide bonds. The summed E-state index contributed by atoms with van der Waals surface area (Å²) in [7, 11) is 0. The van der Waals surface area contributed by atoms with Crippen LogP contribution in [-0.2, 0) is 4.74 Å². The number of ether oxygens (including phenoxy) is 1. The molecule has 0 radical (unpaired) electrons. The molecular weight excluding hydrogens is 358 g/mol. The molecule has 23 heavy (non-hydrogen) atoms. The van der Waals surface area contributed by atoms with E-state index in [9.17, 15) is 4.79 Å². The van der Waals surface area contributed by atoms with E-state index in [1.165, 1.54) is 0 Å². The molecule has 1 saturated heterocycles. The van der Waals surface area contributed by atoms with Gasteiger partial charge in [-0.1, -0.05) is 15.9 Å². The number of amides is 1. The summed E-state index contributed by atoms with van der Waals surface area (Å²) in [5, 5.41) is 0. The highest BCUT2D eigenvalue weighted by molar-refractivity contribution is 9.10. The van der Waals surface area contributed by atoms with Gasteiger partial charge in [-0.15, -0.1) is 0 Å². The number of likely N-dealkylation sites (tertiary alicyclic amines) is 1. The fourth-order valence-corrected chi connectivity index (χ4v) is 3.25. The molecule has 6 heteroatoms. The van der Waals surface area contributed by atoms with Gasteiger partial charge in [-0.3, -0.25) is 0 Å². The monoisotopic (exact) mass is 379 g/mol. The molecule has 1 unspecified atom stereocenters. The van der Waals surface area contributed by atoms with Crippen LogP contribution in [0.2, 0.25) is 0 Å². The van der Waals surface area contributed by atoms with E-state index >= 15 is 0 Å². The van der Waals surface area contributed by atoms with Crippen molar-refractivity contribution < 1.29 is 9.53 Å². The predicted octanol–water partition coefficient (Wildman–Crippen LogP) is 4.44. The number of hydrogen-bond donors (Lipinski definition) is 1. The highest BCUT2D eigenvalue weighted by atomic mass is 79.9. The maximum Gasteiger partial charge on any atom is 0.410 e. The van der Waals surface area contributed by atoms with Crippen LogP contribution in [0.15, 0.2) is 22.7 Å². The number of fused-ring (bicyclic) bond motifs is 1. The first kappa shape index (κ1) is 16.3. The van der Waals surface area contributed by atoms with Gasteiger partial charge in [0, 0.05) is 23.5 Å². The molecule has 0 aliphatic carbocycles. The Morgan fingerprint density at radius 1 is 1.43 bits per heavy atom. The van der Waals surface area contributed by atoms with Crippen LogP contribution in [0.1, 0.15) is 45.4 Å². The Hall–Kier alpha value is -1.56. The van der Waals surface area contributed by atoms with E-state index in [1.54, 1.807) is 4.90 Å². The minimum Gasteiger partial charge on any atom is -0.444 e. The molecule has 0 spiro atoms. The number of aromatic amines is 1. The minimum atomic E-state index is -0.463. The Labute approximate surface area is 144 Å². The van der Waals surface area contributed by atoms with Crippen LogP contribution in [-0.4, -0.2) is 39.7 Å². The summed E-state index contributed by atoms with van der Waals surface area (Å²) in [5.74, 6) is 1.17. The second-order valence-corrected chi connectivity index (χ2v) is 7.96. The number of aromatic nitrogens is 2. The second kappa shape index (κ2) is 6.15. The third-order valence-corrected chi connectivity index (χ3v) is 4.42. The highest BCUT2D eigenvalue weighted by Crippen LogP contribution is 2.28. The summed E-state index contributed by atoms with van der Waals surface area (Å²) in [4.78, 5) is 22.2. The lowest BCUT2D eigenvalue weighted by molar-refractivity contribution is 0.0196. The molecule has 2 aromatic rings. The zero-order chi connectivity index (χ0) is 16.6. The number of halogens is 1. The lowest BCUT2D eigenvalue weighted by atomic mass is 9.98. The van der Waals surface area contributed by atoms with Crippen LogP contribution < -0.4 is 0 Å². The topological polar surface area (TPSA) is 58.2 Å². The molecule has 0 saturated carbocycles. The molecule has 2 heterocycles. The van der Waals surface area contributed by atoms with Gasteiger partial charge in [0.05, 0.1) is 11.0 Å². The quantitative estimate of drug-likeness (QED) is 0.796. The summed E-state index contributed by atoms with van der Waals surface area (Å²) < 4.78 is 6.51. The fourth-order valence-electron chi connectivity index (χ4n) is 2.89. The number of rotatable bonds is 1. The van der Waals surface area contributed by atoms with E-state index in [0.29, 0.717) is 6.54 Å². The number of piperidine rings is 1. The van der Waals surface area contributed by atoms with E-state index in [1.807, 2.05) is 39.0 Å². The van der Waals surface area contributed by atoms with E-state index in [2.05, 4.69) is 20.9 Å². The van der Waals surface area contributed by atoms with Crippen molar-refractivity contribution in [2.24, 2.45) is 0 Å². The molecule has 1 aromatic carbocycles. The number of H-pyrrole nitrogens is 1. The number of carbonyl (C=O) groups is 1. The van der Waals surface area contributed by atoms with Gasteiger partial charge in [0.25, 0.3) is 0 Å². The van der Waals surface area contributed by atoms with Crippen molar-refractivity contribution in [1.82, 2.24) is 14.9 Å². The second-order valence-electron chi connectivity index (χ2n) is 7.05. The molecule has 1 aromatic heterocycles. The minimum absolute atomic E-state index is 0.224. The summed E-state index contributed by atoms with van der Waals surface area (Å²) in [6, 6.07) is 6.01.